The number of H-pyrrole nitrogens is 1. The predicted octanol–water partition coefficient (Wildman–Crippen LogP) is -1.27. The SMILES string of the molecule is [N-]=[N+]=NC(Cn1cnc2c(=O)[nH]c(N)nc21)C(O)CO. The summed E-state index contributed by atoms with van der Waals surface area (Å²) in [4.78, 5) is 24.3. The summed E-state index contributed by atoms with van der Waals surface area (Å²) in [5.41, 5.74) is 13.7. The highest BCUT2D eigenvalue weighted by Crippen LogP contribution is 2.10. The minimum atomic E-state index is -1.23. The van der Waals surface area contributed by atoms with Crippen LogP contribution in [-0.4, -0.2) is 48.5 Å². The van der Waals surface area contributed by atoms with Crippen molar-refractivity contribution in [3.63, 3.8) is 0 Å². The van der Waals surface area contributed by atoms with Gasteiger partial charge in [0.2, 0.25) is 5.95 Å². The van der Waals surface area contributed by atoms with Gasteiger partial charge in [0.1, 0.15) is 0 Å². The molecule has 0 amide bonds. The van der Waals surface area contributed by atoms with Crippen molar-refractivity contribution in [3.8, 4) is 0 Å². The number of nitrogen functional groups attached to an aromatic ring is 1. The molecule has 0 fully saturated rings. The number of hydrogen-bond donors (Lipinski definition) is 4. The molecule has 0 aliphatic rings. The van der Waals surface area contributed by atoms with E-state index in [4.69, 9.17) is 16.4 Å². The molecule has 2 aromatic rings. The first kappa shape index (κ1) is 13.8. The Labute approximate surface area is 111 Å². The molecule has 0 aliphatic heterocycles. The molecule has 5 N–H and O–H groups in total. The molecule has 106 valence electrons. The highest BCUT2D eigenvalue weighted by atomic mass is 16.3. The van der Waals surface area contributed by atoms with Crippen molar-refractivity contribution in [2.24, 2.45) is 5.11 Å². The van der Waals surface area contributed by atoms with Crippen molar-refractivity contribution < 1.29 is 10.2 Å². The van der Waals surface area contributed by atoms with E-state index in [0.29, 0.717) is 0 Å². The lowest BCUT2D eigenvalue weighted by molar-refractivity contribution is 0.0698. The number of aliphatic hydroxyl groups is 2. The van der Waals surface area contributed by atoms with Crippen LogP contribution in [0.3, 0.4) is 0 Å². The van der Waals surface area contributed by atoms with Gasteiger partial charge in [-0.1, -0.05) is 5.11 Å². The maximum atomic E-state index is 11.6. The Kier molecular flexibility index (Phi) is 3.84. The molecule has 0 radical (unpaired) electrons. The number of rotatable bonds is 5. The molecule has 0 spiro atoms. The summed E-state index contributed by atoms with van der Waals surface area (Å²) < 4.78 is 1.42. The fourth-order valence-corrected chi connectivity index (χ4v) is 1.73. The van der Waals surface area contributed by atoms with Crippen LogP contribution >= 0.6 is 0 Å². The number of nitrogens with one attached hydrogen (secondary N) is 1. The van der Waals surface area contributed by atoms with E-state index in [1.165, 1.54) is 10.9 Å². The predicted molar refractivity (Wildman–Crippen MR) is 68.6 cm³/mol. The van der Waals surface area contributed by atoms with Crippen molar-refractivity contribution in [1.82, 2.24) is 19.5 Å². The number of fused-ring (bicyclic) bond motifs is 1. The standard InChI is InChI=1S/C9H12N8O3/c10-9-13-7-6(8(20)14-9)12-3-17(7)1-4(15-16-11)5(19)2-18/h3-5,18-19H,1-2H2,(H3,10,13,14,20). The van der Waals surface area contributed by atoms with Crippen LogP contribution in [0.15, 0.2) is 16.2 Å². The smallest absolute Gasteiger partial charge is 0.280 e. The fraction of sp³-hybridized carbons (Fsp3) is 0.444. The van der Waals surface area contributed by atoms with Gasteiger partial charge in [0.25, 0.3) is 5.56 Å². The maximum Gasteiger partial charge on any atom is 0.280 e. The van der Waals surface area contributed by atoms with Crippen LogP contribution in [0.5, 0.6) is 0 Å². The zero-order chi connectivity index (χ0) is 14.7. The van der Waals surface area contributed by atoms with Crippen LogP contribution in [0, 0.1) is 0 Å². The molecular weight excluding hydrogens is 268 g/mol. The van der Waals surface area contributed by atoms with Crippen molar-refractivity contribution in [1.29, 1.82) is 0 Å². The molecule has 0 aliphatic carbocycles. The van der Waals surface area contributed by atoms with Gasteiger partial charge < -0.3 is 20.5 Å². The van der Waals surface area contributed by atoms with E-state index in [9.17, 15) is 9.90 Å². The Morgan fingerprint density at radius 3 is 3.05 bits per heavy atom. The normalized spacial score (nSPS) is 13.9. The van der Waals surface area contributed by atoms with Gasteiger partial charge in [-0.3, -0.25) is 9.78 Å². The van der Waals surface area contributed by atoms with Gasteiger partial charge in [0.15, 0.2) is 11.2 Å². The number of aliphatic hydroxyl groups excluding tert-OH is 2. The number of imidazole rings is 1. The van der Waals surface area contributed by atoms with Crippen LogP contribution in [-0.2, 0) is 6.54 Å². The van der Waals surface area contributed by atoms with Crippen molar-refractivity contribution >= 4 is 17.1 Å². The van der Waals surface area contributed by atoms with Crippen LogP contribution in [0.2, 0.25) is 0 Å². The lowest BCUT2D eigenvalue weighted by Crippen LogP contribution is -2.31. The van der Waals surface area contributed by atoms with Crippen molar-refractivity contribution in [2.75, 3.05) is 12.3 Å². The molecule has 11 nitrogen and oxygen atoms in total. The monoisotopic (exact) mass is 280 g/mol. The van der Waals surface area contributed by atoms with Crippen LogP contribution < -0.4 is 11.3 Å². The number of aromatic amines is 1. The third-order valence-corrected chi connectivity index (χ3v) is 2.71. The molecule has 2 unspecified atom stereocenters. The van der Waals surface area contributed by atoms with Crippen LogP contribution in [0.25, 0.3) is 21.6 Å². The minimum absolute atomic E-state index is 0.00181. The Bertz CT molecular complexity index is 716. The molecular formula is C9H12N8O3. The quantitative estimate of drug-likeness (QED) is 0.301. The fourth-order valence-electron chi connectivity index (χ4n) is 1.73. The van der Waals surface area contributed by atoms with E-state index in [0.717, 1.165) is 0 Å². The number of nitrogens with two attached hydrogens (primary N) is 1. The number of hydrogen-bond acceptors (Lipinski definition) is 7. The third-order valence-electron chi connectivity index (χ3n) is 2.71. The zero-order valence-corrected chi connectivity index (χ0v) is 10.2. The molecule has 0 bridgehead atoms. The number of azide groups is 1. The highest BCUT2D eigenvalue weighted by Gasteiger charge is 2.19. The Hall–Kier alpha value is -2.62. The number of aromatic nitrogens is 4. The minimum Gasteiger partial charge on any atom is -0.394 e. The van der Waals surface area contributed by atoms with Gasteiger partial charge >= 0.3 is 0 Å². The summed E-state index contributed by atoms with van der Waals surface area (Å²) in [6.45, 7) is -0.565. The number of anilines is 1. The molecule has 11 heteroatoms. The van der Waals surface area contributed by atoms with E-state index < -0.39 is 24.3 Å². The molecule has 2 aromatic heterocycles. The van der Waals surface area contributed by atoms with Gasteiger partial charge in [-0.05, 0) is 5.53 Å². The van der Waals surface area contributed by atoms with E-state index in [2.05, 4.69) is 25.0 Å². The van der Waals surface area contributed by atoms with Crippen molar-refractivity contribution in [3.05, 3.63) is 27.1 Å². The topological polar surface area (TPSA) is 179 Å². The lowest BCUT2D eigenvalue weighted by Gasteiger charge is -2.16. The highest BCUT2D eigenvalue weighted by molar-refractivity contribution is 5.70. The second-order valence-electron chi connectivity index (χ2n) is 4.04. The molecule has 0 saturated carbocycles. The van der Waals surface area contributed by atoms with Gasteiger partial charge in [-0.25, -0.2) is 4.98 Å². The molecule has 20 heavy (non-hydrogen) atoms. The first-order chi connectivity index (χ1) is 9.56. The maximum absolute atomic E-state index is 11.6. The summed E-state index contributed by atoms with van der Waals surface area (Å²) in [7, 11) is 0. The molecule has 0 aromatic carbocycles. The molecule has 2 rings (SSSR count). The zero-order valence-electron chi connectivity index (χ0n) is 10.2. The Morgan fingerprint density at radius 2 is 2.40 bits per heavy atom. The third kappa shape index (κ3) is 2.54. The molecule has 2 atom stereocenters. The summed E-state index contributed by atoms with van der Waals surface area (Å²) in [6.07, 6.45) is 0.0822. The van der Waals surface area contributed by atoms with Crippen LogP contribution in [0.1, 0.15) is 0 Å². The molecule has 0 saturated heterocycles. The molecule has 2 heterocycles. The summed E-state index contributed by atoms with van der Waals surface area (Å²) in [5.74, 6) is -0.0766. The largest absolute Gasteiger partial charge is 0.394 e. The first-order valence-corrected chi connectivity index (χ1v) is 5.60. The second kappa shape index (κ2) is 5.57. The summed E-state index contributed by atoms with van der Waals surface area (Å²) >= 11 is 0. The average Bonchev–Trinajstić information content (AvgIpc) is 2.80. The van der Waals surface area contributed by atoms with Gasteiger partial charge in [-0.15, -0.1) is 0 Å². The first-order valence-electron chi connectivity index (χ1n) is 5.60. The Balaban J connectivity index is 2.42. The van der Waals surface area contributed by atoms with E-state index in [1.54, 1.807) is 0 Å². The van der Waals surface area contributed by atoms with Gasteiger partial charge in [-0.2, -0.15) is 4.98 Å². The van der Waals surface area contributed by atoms with E-state index in [-0.39, 0.29) is 23.7 Å². The lowest BCUT2D eigenvalue weighted by atomic mass is 10.2. The Morgan fingerprint density at radius 1 is 1.65 bits per heavy atom. The van der Waals surface area contributed by atoms with E-state index in [1.807, 2.05) is 0 Å². The second-order valence-corrected chi connectivity index (χ2v) is 4.04. The number of nitrogens with zero attached hydrogens (tertiary/aromatic N) is 6. The van der Waals surface area contributed by atoms with Crippen LogP contribution in [0.4, 0.5) is 5.95 Å². The van der Waals surface area contributed by atoms with Gasteiger partial charge in [0, 0.05) is 11.5 Å². The summed E-state index contributed by atoms with van der Waals surface area (Å²) in [6, 6.07) is -0.926. The average molecular weight is 280 g/mol. The summed E-state index contributed by atoms with van der Waals surface area (Å²) in [5, 5.41) is 21.9. The van der Waals surface area contributed by atoms with Crippen molar-refractivity contribution in [2.45, 2.75) is 18.7 Å². The van der Waals surface area contributed by atoms with Gasteiger partial charge in [0.05, 0.1) is 25.1 Å². The van der Waals surface area contributed by atoms with E-state index >= 15 is 0 Å².